The molecule has 3 nitrogen and oxygen atoms in total. The quantitative estimate of drug-likeness (QED) is 0.639. The lowest BCUT2D eigenvalue weighted by Gasteiger charge is -2.04. The number of aromatic nitrogens is 1. The van der Waals surface area contributed by atoms with Crippen molar-refractivity contribution in [2.45, 2.75) is 0 Å². The summed E-state index contributed by atoms with van der Waals surface area (Å²) in [5, 5.41) is 0.391. The second-order valence-corrected chi connectivity index (χ2v) is 2.23. The van der Waals surface area contributed by atoms with E-state index in [-0.39, 0.29) is 0 Å². The summed E-state index contributed by atoms with van der Waals surface area (Å²) in [6, 6.07) is 3.34. The van der Waals surface area contributed by atoms with Crippen molar-refractivity contribution in [2.75, 3.05) is 14.2 Å². The average molecular weight is 174 g/mol. The number of hydrogen-bond acceptors (Lipinski definition) is 3. The van der Waals surface area contributed by atoms with E-state index in [0.717, 1.165) is 0 Å². The van der Waals surface area contributed by atoms with E-state index in [1.807, 2.05) is 0 Å². The van der Waals surface area contributed by atoms with Gasteiger partial charge in [-0.05, 0) is 12.1 Å². The Bertz CT molecular complexity index is 252. The number of nitrogens with zero attached hydrogens (tertiary/aromatic N) is 1. The molecule has 0 fully saturated rings. The van der Waals surface area contributed by atoms with Crippen LogP contribution in [0, 0.1) is 0 Å². The predicted molar refractivity (Wildman–Crippen MR) is 42.4 cm³/mol. The highest BCUT2D eigenvalue weighted by Crippen LogP contribution is 2.25. The summed E-state index contributed by atoms with van der Waals surface area (Å²) in [5.41, 5.74) is 0. The molecular weight excluding hydrogens is 166 g/mol. The Morgan fingerprint density at radius 2 is 2.00 bits per heavy atom. The van der Waals surface area contributed by atoms with Gasteiger partial charge < -0.3 is 9.47 Å². The molecule has 0 N–H and O–H groups in total. The van der Waals surface area contributed by atoms with E-state index in [1.165, 1.54) is 7.11 Å². The van der Waals surface area contributed by atoms with Crippen molar-refractivity contribution in [1.29, 1.82) is 0 Å². The first kappa shape index (κ1) is 8.14. The SMILES string of the molecule is COc1ccc(Cl)nc1OC. The minimum Gasteiger partial charge on any atom is -0.491 e. The summed E-state index contributed by atoms with van der Waals surface area (Å²) < 4.78 is 9.84. The van der Waals surface area contributed by atoms with Gasteiger partial charge in [-0.2, -0.15) is 4.98 Å². The van der Waals surface area contributed by atoms with Gasteiger partial charge in [0.15, 0.2) is 5.75 Å². The van der Waals surface area contributed by atoms with Crippen molar-refractivity contribution >= 4 is 11.6 Å². The molecule has 1 aromatic heterocycles. The second kappa shape index (κ2) is 3.44. The minimum absolute atomic E-state index is 0.391. The maximum Gasteiger partial charge on any atom is 0.258 e. The van der Waals surface area contributed by atoms with Crippen LogP contribution in [0.5, 0.6) is 11.6 Å². The molecule has 0 atom stereocenters. The number of ether oxygens (including phenoxy) is 2. The zero-order chi connectivity index (χ0) is 8.27. The highest BCUT2D eigenvalue weighted by Gasteiger charge is 2.03. The monoisotopic (exact) mass is 173 g/mol. The first-order valence-electron chi connectivity index (χ1n) is 3.02. The van der Waals surface area contributed by atoms with Gasteiger partial charge in [0.2, 0.25) is 0 Å². The van der Waals surface area contributed by atoms with Gasteiger partial charge in [-0.1, -0.05) is 11.6 Å². The largest absolute Gasteiger partial charge is 0.491 e. The molecule has 0 amide bonds. The Morgan fingerprint density at radius 3 is 2.55 bits per heavy atom. The zero-order valence-corrected chi connectivity index (χ0v) is 7.05. The van der Waals surface area contributed by atoms with Crippen molar-refractivity contribution < 1.29 is 9.47 Å². The number of rotatable bonds is 2. The topological polar surface area (TPSA) is 31.4 Å². The Balaban J connectivity index is 3.06. The molecule has 0 bridgehead atoms. The van der Waals surface area contributed by atoms with Gasteiger partial charge in [0.25, 0.3) is 5.88 Å². The first-order valence-corrected chi connectivity index (χ1v) is 3.40. The molecule has 0 saturated heterocycles. The van der Waals surface area contributed by atoms with Crippen LogP contribution in [0.1, 0.15) is 0 Å². The summed E-state index contributed by atoms with van der Waals surface area (Å²) in [7, 11) is 3.06. The average Bonchev–Trinajstić information content (AvgIpc) is 2.04. The molecular formula is C7H8ClNO2. The van der Waals surface area contributed by atoms with E-state index in [9.17, 15) is 0 Å². The molecule has 1 aromatic rings. The van der Waals surface area contributed by atoms with Gasteiger partial charge in [0.1, 0.15) is 5.15 Å². The molecule has 60 valence electrons. The Labute approximate surface area is 69.9 Å². The smallest absolute Gasteiger partial charge is 0.258 e. The lowest BCUT2D eigenvalue weighted by atomic mass is 10.4. The van der Waals surface area contributed by atoms with Crippen LogP contribution >= 0.6 is 11.6 Å². The molecule has 1 heterocycles. The molecule has 0 aliphatic carbocycles. The van der Waals surface area contributed by atoms with Crippen LogP contribution in [-0.4, -0.2) is 19.2 Å². The van der Waals surface area contributed by atoms with Crippen LogP contribution < -0.4 is 9.47 Å². The second-order valence-electron chi connectivity index (χ2n) is 1.85. The van der Waals surface area contributed by atoms with E-state index in [2.05, 4.69) is 4.98 Å². The van der Waals surface area contributed by atoms with Gasteiger partial charge in [0.05, 0.1) is 14.2 Å². The van der Waals surface area contributed by atoms with Crippen molar-refractivity contribution in [1.82, 2.24) is 4.98 Å². The molecule has 0 aliphatic rings. The fraction of sp³-hybridized carbons (Fsp3) is 0.286. The maximum atomic E-state index is 5.61. The summed E-state index contributed by atoms with van der Waals surface area (Å²) in [5.74, 6) is 0.983. The normalized spacial score (nSPS) is 9.36. The molecule has 0 aliphatic heterocycles. The fourth-order valence-electron chi connectivity index (χ4n) is 0.707. The van der Waals surface area contributed by atoms with E-state index < -0.39 is 0 Å². The molecule has 11 heavy (non-hydrogen) atoms. The maximum absolute atomic E-state index is 5.61. The van der Waals surface area contributed by atoms with Crippen LogP contribution in [0.25, 0.3) is 0 Å². The van der Waals surface area contributed by atoms with Crippen LogP contribution in [0.2, 0.25) is 5.15 Å². The lowest BCUT2D eigenvalue weighted by molar-refractivity contribution is 0.343. The molecule has 0 radical (unpaired) electrons. The van der Waals surface area contributed by atoms with Crippen molar-refractivity contribution in [3.8, 4) is 11.6 Å². The molecule has 4 heteroatoms. The molecule has 0 spiro atoms. The third kappa shape index (κ3) is 1.74. The number of halogens is 1. The molecule has 0 saturated carbocycles. The van der Waals surface area contributed by atoms with Crippen molar-refractivity contribution in [2.24, 2.45) is 0 Å². The van der Waals surface area contributed by atoms with Gasteiger partial charge in [0, 0.05) is 0 Å². The van der Waals surface area contributed by atoms with Gasteiger partial charge >= 0.3 is 0 Å². The molecule has 0 aromatic carbocycles. The first-order chi connectivity index (χ1) is 5.27. The fourth-order valence-corrected chi connectivity index (χ4v) is 0.846. The number of pyridine rings is 1. The van der Waals surface area contributed by atoms with Gasteiger partial charge in [-0.15, -0.1) is 0 Å². The van der Waals surface area contributed by atoms with Crippen molar-refractivity contribution in [3.63, 3.8) is 0 Å². The van der Waals surface area contributed by atoms with E-state index >= 15 is 0 Å². The molecule has 0 unspecified atom stereocenters. The number of methoxy groups -OCH3 is 2. The molecule has 1 rings (SSSR count). The Kier molecular flexibility index (Phi) is 2.54. The Hall–Kier alpha value is -0.960. The minimum atomic E-state index is 0.391. The lowest BCUT2D eigenvalue weighted by Crippen LogP contribution is -1.92. The third-order valence-corrected chi connectivity index (χ3v) is 1.42. The van der Waals surface area contributed by atoms with Crippen LogP contribution in [-0.2, 0) is 0 Å². The standard InChI is InChI=1S/C7H8ClNO2/c1-10-5-3-4-6(8)9-7(5)11-2/h3-4H,1-2H3. The van der Waals surface area contributed by atoms with Gasteiger partial charge in [-0.3, -0.25) is 0 Å². The number of hydrogen-bond donors (Lipinski definition) is 0. The van der Waals surface area contributed by atoms with Crippen LogP contribution in [0.15, 0.2) is 12.1 Å². The van der Waals surface area contributed by atoms with E-state index in [0.29, 0.717) is 16.8 Å². The highest BCUT2D eigenvalue weighted by molar-refractivity contribution is 6.29. The summed E-state index contributed by atoms with van der Waals surface area (Å²) in [4.78, 5) is 3.88. The summed E-state index contributed by atoms with van der Waals surface area (Å²) >= 11 is 5.61. The third-order valence-electron chi connectivity index (χ3n) is 1.20. The van der Waals surface area contributed by atoms with Crippen LogP contribution in [0.4, 0.5) is 0 Å². The summed E-state index contributed by atoms with van der Waals surface area (Å²) in [6.45, 7) is 0. The van der Waals surface area contributed by atoms with Crippen LogP contribution in [0.3, 0.4) is 0 Å². The summed E-state index contributed by atoms with van der Waals surface area (Å²) in [6.07, 6.45) is 0. The predicted octanol–water partition coefficient (Wildman–Crippen LogP) is 1.75. The Morgan fingerprint density at radius 1 is 1.27 bits per heavy atom. The van der Waals surface area contributed by atoms with E-state index in [4.69, 9.17) is 21.1 Å². The van der Waals surface area contributed by atoms with E-state index in [1.54, 1.807) is 19.2 Å². The van der Waals surface area contributed by atoms with Crippen molar-refractivity contribution in [3.05, 3.63) is 17.3 Å². The highest BCUT2D eigenvalue weighted by atomic mass is 35.5. The zero-order valence-electron chi connectivity index (χ0n) is 6.30. The van der Waals surface area contributed by atoms with Gasteiger partial charge in [-0.25, -0.2) is 0 Å².